The Morgan fingerprint density at radius 3 is 2.56 bits per heavy atom. The summed E-state index contributed by atoms with van der Waals surface area (Å²) < 4.78 is 0. The molecule has 0 atom stereocenters. The van der Waals surface area contributed by atoms with E-state index in [1.54, 1.807) is 0 Å². The molecule has 0 saturated heterocycles. The largest absolute Gasteiger partial charge is 0.295 e. The van der Waals surface area contributed by atoms with Gasteiger partial charge >= 0.3 is 0 Å². The molecule has 0 aliphatic carbocycles. The van der Waals surface area contributed by atoms with Gasteiger partial charge < -0.3 is 0 Å². The van der Waals surface area contributed by atoms with Crippen LogP contribution in [-0.2, 0) is 4.79 Å². The maximum atomic E-state index is 10.5. The number of allylic oxidation sites excluding steroid dienone is 3. The first-order valence-electron chi connectivity index (χ1n) is 6.53. The first kappa shape index (κ1) is 16.3. The lowest BCUT2D eigenvalue weighted by Crippen LogP contribution is -1.78. The summed E-state index contributed by atoms with van der Waals surface area (Å²) in [5.41, 5.74) is 0. The SMILES string of the molecule is C=CCCCCCCCC#CC#C/C=C/C(C)=O. The second-order valence-corrected chi connectivity index (χ2v) is 4.11. The van der Waals surface area contributed by atoms with E-state index in [0.29, 0.717) is 0 Å². The molecule has 0 aromatic carbocycles. The third-order valence-electron chi connectivity index (χ3n) is 2.33. The minimum absolute atomic E-state index is 0.00807. The van der Waals surface area contributed by atoms with E-state index in [2.05, 4.69) is 30.3 Å². The Hall–Kier alpha value is -1.73. The normalized spacial score (nSPS) is 9.17. The summed E-state index contributed by atoms with van der Waals surface area (Å²) in [6.07, 6.45) is 13.2. The van der Waals surface area contributed by atoms with Gasteiger partial charge in [-0.1, -0.05) is 37.2 Å². The lowest BCUT2D eigenvalue weighted by atomic mass is 10.1. The fourth-order valence-electron chi connectivity index (χ4n) is 1.38. The molecule has 1 heteroatoms. The van der Waals surface area contributed by atoms with E-state index in [1.165, 1.54) is 44.8 Å². The Kier molecular flexibility index (Phi) is 12.1. The van der Waals surface area contributed by atoms with Crippen molar-refractivity contribution in [1.29, 1.82) is 0 Å². The number of hydrogen-bond acceptors (Lipinski definition) is 1. The van der Waals surface area contributed by atoms with Crippen molar-refractivity contribution in [3.05, 3.63) is 24.8 Å². The van der Waals surface area contributed by atoms with Gasteiger partial charge in [0.25, 0.3) is 0 Å². The van der Waals surface area contributed by atoms with Gasteiger partial charge in [-0.25, -0.2) is 0 Å². The van der Waals surface area contributed by atoms with Crippen LogP contribution in [-0.4, -0.2) is 5.78 Å². The number of carbonyl (C=O) groups is 1. The number of unbranched alkanes of at least 4 members (excludes halogenated alkanes) is 6. The van der Waals surface area contributed by atoms with Crippen LogP contribution < -0.4 is 0 Å². The van der Waals surface area contributed by atoms with Gasteiger partial charge in [0, 0.05) is 6.42 Å². The van der Waals surface area contributed by atoms with Crippen LogP contribution in [0.15, 0.2) is 24.8 Å². The zero-order valence-corrected chi connectivity index (χ0v) is 11.3. The third kappa shape index (κ3) is 14.3. The van der Waals surface area contributed by atoms with E-state index < -0.39 is 0 Å². The highest BCUT2D eigenvalue weighted by Crippen LogP contribution is 2.06. The van der Waals surface area contributed by atoms with E-state index in [9.17, 15) is 4.79 Å². The highest BCUT2D eigenvalue weighted by Gasteiger charge is 1.87. The van der Waals surface area contributed by atoms with Crippen molar-refractivity contribution in [3.8, 4) is 23.7 Å². The molecular formula is C17H22O. The molecule has 0 saturated carbocycles. The standard InChI is InChI=1S/C17H22O/c1-3-4-5-6-7-8-9-10-11-12-13-14-15-16-17(2)18/h3,15-16H,1,4-10H2,2H3/b16-15+. The summed E-state index contributed by atoms with van der Waals surface area (Å²) in [6, 6.07) is 0. The van der Waals surface area contributed by atoms with E-state index >= 15 is 0 Å². The molecule has 0 unspecified atom stereocenters. The summed E-state index contributed by atoms with van der Waals surface area (Å²) in [7, 11) is 0. The molecule has 0 aliphatic heterocycles. The topological polar surface area (TPSA) is 17.1 Å². The summed E-state index contributed by atoms with van der Waals surface area (Å²) in [5.74, 6) is 11.2. The van der Waals surface area contributed by atoms with Crippen LogP contribution in [0.4, 0.5) is 0 Å². The van der Waals surface area contributed by atoms with Crippen molar-refractivity contribution < 1.29 is 4.79 Å². The zero-order chi connectivity index (χ0) is 13.5. The predicted molar refractivity (Wildman–Crippen MR) is 77.9 cm³/mol. The maximum Gasteiger partial charge on any atom is 0.153 e. The van der Waals surface area contributed by atoms with Crippen molar-refractivity contribution in [3.63, 3.8) is 0 Å². The highest BCUT2D eigenvalue weighted by atomic mass is 16.1. The molecular weight excluding hydrogens is 220 g/mol. The van der Waals surface area contributed by atoms with Crippen LogP contribution >= 0.6 is 0 Å². The molecule has 0 spiro atoms. The Morgan fingerprint density at radius 2 is 1.83 bits per heavy atom. The summed E-state index contributed by atoms with van der Waals surface area (Å²) in [5, 5.41) is 0. The minimum Gasteiger partial charge on any atom is -0.295 e. The molecule has 0 fully saturated rings. The molecule has 18 heavy (non-hydrogen) atoms. The minimum atomic E-state index is 0.00807. The van der Waals surface area contributed by atoms with Crippen LogP contribution in [0.5, 0.6) is 0 Å². The molecule has 0 rings (SSSR count). The summed E-state index contributed by atoms with van der Waals surface area (Å²) >= 11 is 0. The molecule has 0 amide bonds. The second kappa shape index (κ2) is 13.3. The third-order valence-corrected chi connectivity index (χ3v) is 2.33. The first-order chi connectivity index (χ1) is 8.77. The van der Waals surface area contributed by atoms with Crippen molar-refractivity contribution in [2.75, 3.05) is 0 Å². The van der Waals surface area contributed by atoms with Crippen LogP contribution in [0.2, 0.25) is 0 Å². The molecule has 96 valence electrons. The quantitative estimate of drug-likeness (QED) is 0.271. The number of ketones is 1. The first-order valence-corrected chi connectivity index (χ1v) is 6.53. The van der Waals surface area contributed by atoms with Gasteiger partial charge in [-0.3, -0.25) is 4.79 Å². The van der Waals surface area contributed by atoms with Gasteiger partial charge in [-0.15, -0.1) is 6.58 Å². The lowest BCUT2D eigenvalue weighted by molar-refractivity contribution is -0.112. The maximum absolute atomic E-state index is 10.5. The van der Waals surface area contributed by atoms with Gasteiger partial charge in [0.05, 0.1) is 0 Å². The van der Waals surface area contributed by atoms with Gasteiger partial charge in [-0.2, -0.15) is 0 Å². The van der Waals surface area contributed by atoms with E-state index in [0.717, 1.165) is 19.3 Å². The van der Waals surface area contributed by atoms with Crippen molar-refractivity contribution >= 4 is 5.78 Å². The highest BCUT2D eigenvalue weighted by molar-refractivity contribution is 5.87. The molecule has 0 aromatic rings. The van der Waals surface area contributed by atoms with Gasteiger partial charge in [0.15, 0.2) is 5.78 Å². The Balaban J connectivity index is 3.44. The Bertz CT molecular complexity index is 379. The van der Waals surface area contributed by atoms with Crippen molar-refractivity contribution in [1.82, 2.24) is 0 Å². The monoisotopic (exact) mass is 242 g/mol. The van der Waals surface area contributed by atoms with E-state index in [1.807, 2.05) is 6.08 Å². The van der Waals surface area contributed by atoms with Crippen LogP contribution in [0.25, 0.3) is 0 Å². The van der Waals surface area contributed by atoms with Gasteiger partial charge in [-0.05, 0) is 50.2 Å². The molecule has 0 radical (unpaired) electrons. The summed E-state index contributed by atoms with van der Waals surface area (Å²) in [6.45, 7) is 5.20. The average molecular weight is 242 g/mol. The Labute approximate surface area is 111 Å². The van der Waals surface area contributed by atoms with Crippen LogP contribution in [0.1, 0.15) is 51.9 Å². The number of rotatable bonds is 8. The molecule has 0 aliphatic rings. The average Bonchev–Trinajstić information content (AvgIpc) is 2.34. The molecule has 0 heterocycles. The summed E-state index contributed by atoms with van der Waals surface area (Å²) in [4.78, 5) is 10.5. The molecule has 0 bridgehead atoms. The fourth-order valence-corrected chi connectivity index (χ4v) is 1.38. The zero-order valence-electron chi connectivity index (χ0n) is 11.3. The predicted octanol–water partition coefficient (Wildman–Crippen LogP) is 4.06. The van der Waals surface area contributed by atoms with Crippen molar-refractivity contribution in [2.24, 2.45) is 0 Å². The number of hydrogen-bond donors (Lipinski definition) is 0. The smallest absolute Gasteiger partial charge is 0.153 e. The van der Waals surface area contributed by atoms with Crippen molar-refractivity contribution in [2.45, 2.75) is 51.9 Å². The second-order valence-electron chi connectivity index (χ2n) is 4.11. The van der Waals surface area contributed by atoms with E-state index in [4.69, 9.17) is 0 Å². The van der Waals surface area contributed by atoms with Crippen LogP contribution in [0, 0.1) is 23.7 Å². The van der Waals surface area contributed by atoms with Gasteiger partial charge in [0.2, 0.25) is 0 Å². The molecule has 0 N–H and O–H groups in total. The van der Waals surface area contributed by atoms with E-state index in [-0.39, 0.29) is 5.78 Å². The van der Waals surface area contributed by atoms with Gasteiger partial charge in [0.1, 0.15) is 0 Å². The molecule has 0 aromatic heterocycles. The lowest BCUT2D eigenvalue weighted by Gasteiger charge is -1.96. The Morgan fingerprint density at radius 1 is 1.11 bits per heavy atom. The molecule has 1 nitrogen and oxygen atoms in total. The van der Waals surface area contributed by atoms with Crippen LogP contribution in [0.3, 0.4) is 0 Å². The number of carbonyl (C=O) groups excluding carboxylic acids is 1. The fraction of sp³-hybridized carbons (Fsp3) is 0.471.